The van der Waals surface area contributed by atoms with Crippen LogP contribution in [0.4, 0.5) is 5.69 Å². The van der Waals surface area contributed by atoms with Gasteiger partial charge in [-0.1, -0.05) is 42.5 Å². The minimum atomic E-state index is -1.03. The summed E-state index contributed by atoms with van der Waals surface area (Å²) < 4.78 is 5.57. The molecule has 2 N–H and O–H groups in total. The molecule has 0 radical (unpaired) electrons. The first kappa shape index (κ1) is 17.6. The maximum atomic E-state index is 11.0. The van der Waals surface area contributed by atoms with Gasteiger partial charge in [0, 0.05) is 0 Å². The summed E-state index contributed by atoms with van der Waals surface area (Å²) in [7, 11) is 0. The van der Waals surface area contributed by atoms with E-state index in [0.29, 0.717) is 17.9 Å². The highest BCUT2D eigenvalue weighted by Gasteiger charge is 2.19. The molecule has 0 heterocycles. The lowest BCUT2D eigenvalue weighted by atomic mass is 10.0. The minimum Gasteiger partial charge on any atom is -0.479 e. The average molecular weight is 349 g/mol. The van der Waals surface area contributed by atoms with Gasteiger partial charge in [0.1, 0.15) is 0 Å². The predicted octanol–water partition coefficient (Wildman–Crippen LogP) is 4.34. The summed E-state index contributed by atoms with van der Waals surface area (Å²) in [6, 6.07) is 19.6. The SMILES string of the molecule is CCOC(=Nc1ccc(C(=O)O)cc1)C(O)c1cccc2ccccc12. The molecule has 26 heavy (non-hydrogen) atoms. The van der Waals surface area contributed by atoms with E-state index in [1.54, 1.807) is 12.1 Å². The van der Waals surface area contributed by atoms with Crippen molar-refractivity contribution in [3.63, 3.8) is 0 Å². The summed E-state index contributed by atoms with van der Waals surface area (Å²) in [4.78, 5) is 15.3. The Morgan fingerprint density at radius 1 is 1.04 bits per heavy atom. The van der Waals surface area contributed by atoms with Crippen LogP contribution in [0.2, 0.25) is 0 Å². The van der Waals surface area contributed by atoms with Crippen LogP contribution in [0.1, 0.15) is 28.9 Å². The second-order valence-corrected chi connectivity index (χ2v) is 5.71. The van der Waals surface area contributed by atoms with E-state index in [9.17, 15) is 9.90 Å². The lowest BCUT2D eigenvalue weighted by Crippen LogP contribution is -2.16. The van der Waals surface area contributed by atoms with E-state index in [2.05, 4.69) is 4.99 Å². The summed E-state index contributed by atoms with van der Waals surface area (Å²) >= 11 is 0. The molecule has 0 aliphatic heterocycles. The van der Waals surface area contributed by atoms with Crippen molar-refractivity contribution in [2.75, 3.05) is 6.61 Å². The summed E-state index contributed by atoms with van der Waals surface area (Å²) in [5.41, 5.74) is 1.40. The number of rotatable bonds is 5. The van der Waals surface area contributed by atoms with E-state index < -0.39 is 12.1 Å². The van der Waals surface area contributed by atoms with Crippen LogP contribution in [0, 0.1) is 0 Å². The van der Waals surface area contributed by atoms with Crippen molar-refractivity contribution < 1.29 is 19.7 Å². The summed E-state index contributed by atoms with van der Waals surface area (Å²) in [5.74, 6) is -0.826. The second kappa shape index (κ2) is 7.80. The zero-order valence-electron chi connectivity index (χ0n) is 14.3. The normalized spacial score (nSPS) is 12.8. The highest BCUT2D eigenvalue weighted by Crippen LogP contribution is 2.27. The first-order valence-corrected chi connectivity index (χ1v) is 8.30. The number of fused-ring (bicyclic) bond motifs is 1. The van der Waals surface area contributed by atoms with Gasteiger partial charge in [-0.2, -0.15) is 0 Å². The largest absolute Gasteiger partial charge is 0.479 e. The van der Waals surface area contributed by atoms with Gasteiger partial charge < -0.3 is 14.9 Å². The maximum Gasteiger partial charge on any atom is 0.335 e. The number of aliphatic imine (C=N–C) groups is 1. The van der Waals surface area contributed by atoms with Gasteiger partial charge in [-0.3, -0.25) is 0 Å². The van der Waals surface area contributed by atoms with Crippen LogP contribution >= 0.6 is 0 Å². The first-order valence-electron chi connectivity index (χ1n) is 8.30. The molecule has 0 bridgehead atoms. The van der Waals surface area contributed by atoms with Crippen molar-refractivity contribution in [2.24, 2.45) is 4.99 Å². The maximum absolute atomic E-state index is 11.0. The molecule has 0 aromatic heterocycles. The topological polar surface area (TPSA) is 79.1 Å². The van der Waals surface area contributed by atoms with E-state index in [1.165, 1.54) is 12.1 Å². The van der Waals surface area contributed by atoms with Crippen molar-refractivity contribution >= 4 is 28.3 Å². The Hall–Kier alpha value is -3.18. The molecule has 0 fully saturated rings. The van der Waals surface area contributed by atoms with Crippen molar-refractivity contribution in [2.45, 2.75) is 13.0 Å². The van der Waals surface area contributed by atoms with Crippen LogP contribution in [0.15, 0.2) is 71.7 Å². The number of ether oxygens (including phenoxy) is 1. The summed E-state index contributed by atoms with van der Waals surface area (Å²) in [6.45, 7) is 2.17. The van der Waals surface area contributed by atoms with Crippen molar-refractivity contribution in [3.8, 4) is 0 Å². The van der Waals surface area contributed by atoms with E-state index in [0.717, 1.165) is 10.8 Å². The monoisotopic (exact) mass is 349 g/mol. The van der Waals surface area contributed by atoms with Gasteiger partial charge in [0.05, 0.1) is 17.9 Å². The number of carboxylic acid groups (broad SMARTS) is 1. The molecule has 1 atom stereocenters. The van der Waals surface area contributed by atoms with Crippen molar-refractivity contribution in [1.82, 2.24) is 0 Å². The van der Waals surface area contributed by atoms with Crippen molar-refractivity contribution in [1.29, 1.82) is 0 Å². The average Bonchev–Trinajstić information content (AvgIpc) is 2.67. The number of hydrogen-bond donors (Lipinski definition) is 2. The number of nitrogens with zero attached hydrogens (tertiary/aromatic N) is 1. The fourth-order valence-electron chi connectivity index (χ4n) is 2.75. The summed E-state index contributed by atoms with van der Waals surface area (Å²) in [5, 5.41) is 21.8. The smallest absolute Gasteiger partial charge is 0.335 e. The molecule has 0 saturated heterocycles. The molecule has 132 valence electrons. The van der Waals surface area contributed by atoms with Crippen LogP contribution < -0.4 is 0 Å². The lowest BCUT2D eigenvalue weighted by molar-refractivity contribution is 0.0697. The fourth-order valence-corrected chi connectivity index (χ4v) is 2.75. The molecule has 0 spiro atoms. The quantitative estimate of drug-likeness (QED) is 0.530. The number of aliphatic hydroxyl groups is 1. The molecule has 3 aromatic rings. The number of carboxylic acids is 1. The van der Waals surface area contributed by atoms with E-state index >= 15 is 0 Å². The van der Waals surface area contributed by atoms with Gasteiger partial charge in [0.15, 0.2) is 6.10 Å². The number of carbonyl (C=O) groups is 1. The second-order valence-electron chi connectivity index (χ2n) is 5.71. The third-order valence-electron chi connectivity index (χ3n) is 4.00. The van der Waals surface area contributed by atoms with E-state index in [-0.39, 0.29) is 11.5 Å². The highest BCUT2D eigenvalue weighted by atomic mass is 16.5. The van der Waals surface area contributed by atoms with Crippen LogP contribution in [0.5, 0.6) is 0 Å². The third kappa shape index (κ3) is 3.73. The van der Waals surface area contributed by atoms with Gasteiger partial charge in [0.2, 0.25) is 5.90 Å². The number of aliphatic hydroxyl groups excluding tert-OH is 1. The minimum absolute atomic E-state index is 0.173. The molecule has 0 aliphatic carbocycles. The Balaban J connectivity index is 1.99. The van der Waals surface area contributed by atoms with Gasteiger partial charge in [-0.15, -0.1) is 0 Å². The molecule has 5 nitrogen and oxygen atoms in total. The summed E-state index contributed by atoms with van der Waals surface area (Å²) in [6.07, 6.45) is -1.03. The number of hydrogen-bond acceptors (Lipinski definition) is 4. The Morgan fingerprint density at radius 2 is 1.73 bits per heavy atom. The Kier molecular flexibility index (Phi) is 5.29. The van der Waals surface area contributed by atoms with Crippen LogP contribution in [-0.4, -0.2) is 28.7 Å². The van der Waals surface area contributed by atoms with Gasteiger partial charge in [0.25, 0.3) is 0 Å². The van der Waals surface area contributed by atoms with Crippen LogP contribution in [0.3, 0.4) is 0 Å². The third-order valence-corrected chi connectivity index (χ3v) is 4.00. The zero-order valence-corrected chi connectivity index (χ0v) is 14.3. The van der Waals surface area contributed by atoms with E-state index in [4.69, 9.17) is 9.84 Å². The Labute approximate surface area is 151 Å². The molecule has 3 aromatic carbocycles. The van der Waals surface area contributed by atoms with Crippen LogP contribution in [-0.2, 0) is 4.74 Å². The first-order chi connectivity index (χ1) is 12.6. The molecule has 5 heteroatoms. The fraction of sp³-hybridized carbons (Fsp3) is 0.143. The molecular weight excluding hydrogens is 330 g/mol. The number of benzene rings is 3. The predicted molar refractivity (Wildman–Crippen MR) is 101 cm³/mol. The zero-order chi connectivity index (χ0) is 18.5. The molecule has 0 aliphatic rings. The molecular formula is C21H19NO4. The number of aromatic carboxylic acids is 1. The van der Waals surface area contributed by atoms with E-state index in [1.807, 2.05) is 49.4 Å². The molecule has 1 unspecified atom stereocenters. The molecule has 0 amide bonds. The van der Waals surface area contributed by atoms with Crippen molar-refractivity contribution in [3.05, 3.63) is 77.9 Å². The van der Waals surface area contributed by atoms with Gasteiger partial charge >= 0.3 is 5.97 Å². The van der Waals surface area contributed by atoms with Gasteiger partial charge in [-0.05, 0) is 47.5 Å². The Bertz CT molecular complexity index is 942. The van der Waals surface area contributed by atoms with Crippen LogP contribution in [0.25, 0.3) is 10.8 Å². The lowest BCUT2D eigenvalue weighted by Gasteiger charge is -2.16. The standard InChI is InChI=1S/C21H19NO4/c1-2-26-20(22-16-12-10-15(11-13-16)21(24)25)19(23)18-9-5-7-14-6-3-4-8-17(14)18/h3-13,19,23H,2H2,1H3,(H,24,25). The van der Waals surface area contributed by atoms with Gasteiger partial charge in [-0.25, -0.2) is 9.79 Å². The molecule has 3 rings (SSSR count). The highest BCUT2D eigenvalue weighted by molar-refractivity contribution is 5.93. The molecule has 0 saturated carbocycles. The Morgan fingerprint density at radius 3 is 2.42 bits per heavy atom.